The second-order valence-electron chi connectivity index (χ2n) is 5.41. The van der Waals surface area contributed by atoms with E-state index in [2.05, 4.69) is 41.0 Å². The van der Waals surface area contributed by atoms with Crippen molar-refractivity contribution in [3.8, 4) is 11.5 Å². The first-order valence-corrected chi connectivity index (χ1v) is 8.55. The van der Waals surface area contributed by atoms with Gasteiger partial charge in [0.25, 0.3) is 0 Å². The fourth-order valence-electron chi connectivity index (χ4n) is 2.21. The van der Waals surface area contributed by atoms with E-state index in [4.69, 9.17) is 21.7 Å². The number of thiocarbonyl (C=S) groups is 1. The van der Waals surface area contributed by atoms with Crippen LogP contribution in [0.5, 0.6) is 11.5 Å². The largest absolute Gasteiger partial charge is 0.490 e. The number of hydrazone groups is 1. The smallest absolute Gasteiger partial charge is 0.223 e. The van der Waals surface area contributed by atoms with Crippen molar-refractivity contribution in [3.05, 3.63) is 59.2 Å². The predicted octanol–water partition coefficient (Wildman–Crippen LogP) is 1.48. The lowest BCUT2D eigenvalue weighted by Gasteiger charge is -2.12. The van der Waals surface area contributed by atoms with E-state index in [0.29, 0.717) is 24.1 Å². The molecule has 0 heterocycles. The summed E-state index contributed by atoms with van der Waals surface area (Å²) in [5.74, 6) is 1.43. The van der Waals surface area contributed by atoms with Gasteiger partial charge in [0.1, 0.15) is 6.61 Å². The van der Waals surface area contributed by atoms with Gasteiger partial charge in [0, 0.05) is 12.6 Å². The molecule has 132 valence electrons. The lowest BCUT2D eigenvalue weighted by molar-refractivity contribution is -0.500. The Bertz CT molecular complexity index is 747. The van der Waals surface area contributed by atoms with Gasteiger partial charge in [-0.25, -0.2) is 0 Å². The van der Waals surface area contributed by atoms with Crippen molar-refractivity contribution in [2.45, 2.75) is 20.5 Å². The summed E-state index contributed by atoms with van der Waals surface area (Å²) in [5, 5.41) is 6.26. The first-order valence-electron chi connectivity index (χ1n) is 8.14. The zero-order valence-corrected chi connectivity index (χ0v) is 15.6. The molecular formula is C19H24N3O2S+. The maximum Gasteiger partial charge on any atom is 0.223 e. The molecule has 0 saturated carbocycles. The number of hydrogen-bond donors (Lipinski definition) is 3. The Morgan fingerprint density at radius 1 is 1.16 bits per heavy atom. The summed E-state index contributed by atoms with van der Waals surface area (Å²) in [6, 6.07) is 14.0. The predicted molar refractivity (Wildman–Crippen MR) is 104 cm³/mol. The highest BCUT2D eigenvalue weighted by Gasteiger charge is 2.08. The quantitative estimate of drug-likeness (QED) is 0.398. The normalized spacial score (nSPS) is 10.5. The minimum absolute atomic E-state index is 0.501. The van der Waals surface area contributed by atoms with Crippen LogP contribution >= 0.6 is 12.2 Å². The second kappa shape index (κ2) is 9.64. The SMILES string of the molecule is CCOc1cc(C=[NH+]NC(=S)NC)ccc1OCc1cccc(C)c1. The zero-order valence-electron chi connectivity index (χ0n) is 14.8. The van der Waals surface area contributed by atoms with Crippen LogP contribution in [-0.4, -0.2) is 25.0 Å². The molecule has 0 fully saturated rings. The topological polar surface area (TPSA) is 56.5 Å². The molecule has 0 aromatic heterocycles. The van der Waals surface area contributed by atoms with Gasteiger partial charge in [0.15, 0.2) is 17.7 Å². The van der Waals surface area contributed by atoms with E-state index in [1.54, 1.807) is 13.3 Å². The van der Waals surface area contributed by atoms with E-state index in [0.717, 1.165) is 16.9 Å². The molecule has 2 rings (SSSR count). The van der Waals surface area contributed by atoms with Crippen molar-refractivity contribution >= 4 is 23.5 Å². The molecule has 0 spiro atoms. The van der Waals surface area contributed by atoms with Crippen molar-refractivity contribution in [1.82, 2.24) is 10.7 Å². The Morgan fingerprint density at radius 3 is 2.72 bits per heavy atom. The standard InChI is InChI=1S/C19H23N3O2S/c1-4-23-18-11-15(12-21-22-19(25)20-3)8-9-17(18)24-13-16-7-5-6-14(2)10-16/h5-12H,4,13H2,1-3H3,(H2,20,22,25)/p+1. The number of hydrazine groups is 1. The van der Waals surface area contributed by atoms with E-state index in [-0.39, 0.29) is 0 Å². The Labute approximate surface area is 154 Å². The molecule has 0 aliphatic heterocycles. The molecule has 0 unspecified atom stereocenters. The first kappa shape index (κ1) is 18.7. The maximum atomic E-state index is 5.94. The van der Waals surface area contributed by atoms with E-state index in [9.17, 15) is 0 Å². The molecule has 0 bridgehead atoms. The highest BCUT2D eigenvalue weighted by molar-refractivity contribution is 7.80. The van der Waals surface area contributed by atoms with Crippen LogP contribution in [0.15, 0.2) is 42.5 Å². The van der Waals surface area contributed by atoms with Crippen LogP contribution < -0.4 is 25.3 Å². The van der Waals surface area contributed by atoms with Gasteiger partial charge in [-0.2, -0.15) is 0 Å². The van der Waals surface area contributed by atoms with Gasteiger partial charge in [-0.3, -0.25) is 0 Å². The Hall–Kier alpha value is -2.60. The highest BCUT2D eigenvalue weighted by atomic mass is 32.1. The van der Waals surface area contributed by atoms with E-state index in [1.165, 1.54) is 5.56 Å². The number of aryl methyl sites for hydroxylation is 1. The monoisotopic (exact) mass is 358 g/mol. The van der Waals surface area contributed by atoms with Crippen LogP contribution in [-0.2, 0) is 6.61 Å². The second-order valence-corrected chi connectivity index (χ2v) is 5.82. The number of benzene rings is 2. The molecule has 3 N–H and O–H groups in total. The van der Waals surface area contributed by atoms with Gasteiger partial charge in [-0.1, -0.05) is 29.8 Å². The number of rotatable bonds is 7. The molecule has 0 aliphatic rings. The zero-order chi connectivity index (χ0) is 18.1. The summed E-state index contributed by atoms with van der Waals surface area (Å²) in [7, 11) is 1.75. The minimum Gasteiger partial charge on any atom is -0.490 e. The van der Waals surface area contributed by atoms with E-state index in [1.807, 2.05) is 31.2 Å². The average Bonchev–Trinajstić information content (AvgIpc) is 2.61. The molecule has 5 nitrogen and oxygen atoms in total. The fourth-order valence-corrected chi connectivity index (χ4v) is 2.27. The Kier molecular flexibility index (Phi) is 7.22. The average molecular weight is 358 g/mol. The lowest BCUT2D eigenvalue weighted by atomic mass is 10.1. The third kappa shape index (κ3) is 6.08. The molecule has 0 atom stereocenters. The third-order valence-electron chi connectivity index (χ3n) is 3.40. The van der Waals surface area contributed by atoms with Crippen molar-refractivity contribution in [2.75, 3.05) is 13.7 Å². The Balaban J connectivity index is 2.08. The van der Waals surface area contributed by atoms with Crippen LogP contribution in [0, 0.1) is 6.92 Å². The van der Waals surface area contributed by atoms with Crippen molar-refractivity contribution in [2.24, 2.45) is 0 Å². The molecule has 0 saturated heterocycles. The van der Waals surface area contributed by atoms with Crippen LogP contribution in [0.2, 0.25) is 0 Å². The molecular weight excluding hydrogens is 334 g/mol. The summed E-state index contributed by atoms with van der Waals surface area (Å²) in [6.45, 7) is 5.09. The van der Waals surface area contributed by atoms with E-state index >= 15 is 0 Å². The van der Waals surface area contributed by atoms with Crippen LogP contribution in [0.25, 0.3) is 0 Å². The molecule has 0 radical (unpaired) electrons. The number of nitrogens with one attached hydrogen (secondary N) is 3. The van der Waals surface area contributed by atoms with Gasteiger partial charge < -0.3 is 14.8 Å². The van der Waals surface area contributed by atoms with Gasteiger partial charge in [-0.05, 0) is 49.8 Å². The molecule has 0 amide bonds. The van der Waals surface area contributed by atoms with Gasteiger partial charge in [0.2, 0.25) is 5.11 Å². The minimum atomic E-state index is 0.501. The lowest BCUT2D eigenvalue weighted by Crippen LogP contribution is -2.82. The van der Waals surface area contributed by atoms with Gasteiger partial charge in [0.05, 0.1) is 6.61 Å². The summed E-state index contributed by atoms with van der Waals surface area (Å²) < 4.78 is 11.6. The van der Waals surface area contributed by atoms with Gasteiger partial charge in [-0.15, -0.1) is 10.5 Å². The summed E-state index contributed by atoms with van der Waals surface area (Å²) in [4.78, 5) is 0. The van der Waals surface area contributed by atoms with Crippen molar-refractivity contribution < 1.29 is 14.6 Å². The van der Waals surface area contributed by atoms with Crippen molar-refractivity contribution in [3.63, 3.8) is 0 Å². The molecule has 25 heavy (non-hydrogen) atoms. The summed E-state index contributed by atoms with van der Waals surface area (Å²) in [6.07, 6.45) is 1.80. The van der Waals surface area contributed by atoms with Crippen molar-refractivity contribution in [1.29, 1.82) is 0 Å². The summed E-state index contributed by atoms with van der Waals surface area (Å²) >= 11 is 5.00. The van der Waals surface area contributed by atoms with Crippen LogP contribution in [0.4, 0.5) is 0 Å². The first-order chi connectivity index (χ1) is 12.1. The highest BCUT2D eigenvalue weighted by Crippen LogP contribution is 2.28. The number of hydrogen-bond acceptors (Lipinski definition) is 3. The fraction of sp³-hybridized carbons (Fsp3) is 0.263. The molecule has 6 heteroatoms. The van der Waals surface area contributed by atoms with Crippen LogP contribution in [0.3, 0.4) is 0 Å². The third-order valence-corrected chi connectivity index (χ3v) is 3.70. The summed E-state index contributed by atoms with van der Waals surface area (Å²) in [5.41, 5.74) is 6.13. The van der Waals surface area contributed by atoms with E-state index < -0.39 is 0 Å². The number of ether oxygens (including phenoxy) is 2. The molecule has 0 aliphatic carbocycles. The maximum absolute atomic E-state index is 5.94. The molecule has 2 aromatic rings. The van der Waals surface area contributed by atoms with Crippen LogP contribution in [0.1, 0.15) is 23.6 Å². The molecule has 2 aromatic carbocycles. The van der Waals surface area contributed by atoms with Gasteiger partial charge >= 0.3 is 0 Å². The Morgan fingerprint density at radius 2 is 2.00 bits per heavy atom.